The van der Waals surface area contributed by atoms with E-state index < -0.39 is 11.9 Å². The number of pyridine rings is 1. The number of carbonyl (C=O) groups excluding carboxylic acids is 1. The van der Waals surface area contributed by atoms with Crippen LogP contribution in [0.25, 0.3) is 0 Å². The Morgan fingerprint density at radius 3 is 2.71 bits per heavy atom. The molecule has 1 aromatic rings. The maximum Gasteiger partial charge on any atom is 0.308 e. The van der Waals surface area contributed by atoms with Gasteiger partial charge in [0, 0.05) is 31.4 Å². The van der Waals surface area contributed by atoms with Crippen molar-refractivity contribution >= 4 is 11.9 Å². The van der Waals surface area contributed by atoms with Gasteiger partial charge in [0.2, 0.25) is 5.56 Å². The standard InChI is InChI=1S/C11H14N2O4/c1-7(11(16)17)6-13(2)10(15)8-3-4-12-9(14)5-8/h3-5,7H,6H2,1-2H3,(H,12,14)(H,16,17). The normalized spacial score (nSPS) is 11.9. The van der Waals surface area contributed by atoms with Crippen LogP contribution < -0.4 is 5.56 Å². The summed E-state index contributed by atoms with van der Waals surface area (Å²) in [5.41, 5.74) is -0.121. The molecule has 0 saturated carbocycles. The van der Waals surface area contributed by atoms with E-state index in [1.807, 2.05) is 0 Å². The maximum atomic E-state index is 11.8. The number of H-pyrrole nitrogens is 1. The number of hydrogen-bond donors (Lipinski definition) is 2. The summed E-state index contributed by atoms with van der Waals surface area (Å²) in [6, 6.07) is 2.66. The molecule has 0 aromatic carbocycles. The molecule has 1 unspecified atom stereocenters. The number of aromatic amines is 1. The number of nitrogens with one attached hydrogen (secondary N) is 1. The third-order valence-electron chi connectivity index (χ3n) is 2.34. The first-order valence-corrected chi connectivity index (χ1v) is 5.09. The number of carbonyl (C=O) groups is 2. The number of rotatable bonds is 4. The lowest BCUT2D eigenvalue weighted by Gasteiger charge is -2.19. The minimum Gasteiger partial charge on any atom is -0.481 e. The van der Waals surface area contributed by atoms with Crippen molar-refractivity contribution in [2.75, 3.05) is 13.6 Å². The molecule has 0 saturated heterocycles. The van der Waals surface area contributed by atoms with Gasteiger partial charge in [-0.3, -0.25) is 14.4 Å². The van der Waals surface area contributed by atoms with Crippen molar-refractivity contribution in [3.63, 3.8) is 0 Å². The minimum atomic E-state index is -0.962. The van der Waals surface area contributed by atoms with Crippen molar-refractivity contribution in [2.45, 2.75) is 6.92 Å². The summed E-state index contributed by atoms with van der Waals surface area (Å²) in [5.74, 6) is -1.98. The highest BCUT2D eigenvalue weighted by Crippen LogP contribution is 2.04. The number of carboxylic acids is 1. The van der Waals surface area contributed by atoms with Crippen molar-refractivity contribution in [1.82, 2.24) is 9.88 Å². The van der Waals surface area contributed by atoms with Crippen molar-refractivity contribution < 1.29 is 14.7 Å². The van der Waals surface area contributed by atoms with Crippen LogP contribution in [0.4, 0.5) is 0 Å². The second-order valence-electron chi connectivity index (χ2n) is 3.87. The number of hydrogen-bond acceptors (Lipinski definition) is 3. The Hall–Kier alpha value is -2.11. The molecule has 6 nitrogen and oxygen atoms in total. The molecule has 1 atom stereocenters. The van der Waals surface area contributed by atoms with Gasteiger partial charge in [0.1, 0.15) is 0 Å². The molecule has 0 fully saturated rings. The fraction of sp³-hybridized carbons (Fsp3) is 0.364. The molecule has 6 heteroatoms. The lowest BCUT2D eigenvalue weighted by molar-refractivity contribution is -0.141. The van der Waals surface area contributed by atoms with Crippen LogP contribution in [0.2, 0.25) is 0 Å². The molecular weight excluding hydrogens is 224 g/mol. The van der Waals surface area contributed by atoms with Gasteiger partial charge in [-0.25, -0.2) is 0 Å². The van der Waals surface area contributed by atoms with E-state index in [1.165, 1.54) is 37.2 Å². The summed E-state index contributed by atoms with van der Waals surface area (Å²) in [7, 11) is 1.50. The van der Waals surface area contributed by atoms with Gasteiger partial charge in [-0.15, -0.1) is 0 Å². The van der Waals surface area contributed by atoms with Gasteiger partial charge < -0.3 is 15.0 Å². The summed E-state index contributed by atoms with van der Waals surface area (Å²) in [4.78, 5) is 37.2. The zero-order valence-electron chi connectivity index (χ0n) is 9.64. The Kier molecular flexibility index (Phi) is 4.03. The fourth-order valence-electron chi connectivity index (χ4n) is 1.37. The van der Waals surface area contributed by atoms with E-state index in [4.69, 9.17) is 5.11 Å². The van der Waals surface area contributed by atoms with Crippen LogP contribution in [0.3, 0.4) is 0 Å². The average molecular weight is 238 g/mol. The van der Waals surface area contributed by atoms with Crippen LogP contribution in [-0.4, -0.2) is 40.5 Å². The van der Waals surface area contributed by atoms with Gasteiger partial charge in [0.15, 0.2) is 0 Å². The third kappa shape index (κ3) is 3.44. The molecule has 0 radical (unpaired) electrons. The monoisotopic (exact) mass is 238 g/mol. The van der Waals surface area contributed by atoms with Crippen LogP contribution in [0.5, 0.6) is 0 Å². The Morgan fingerprint density at radius 1 is 1.53 bits per heavy atom. The zero-order chi connectivity index (χ0) is 13.0. The smallest absolute Gasteiger partial charge is 0.308 e. The summed E-state index contributed by atoms with van der Waals surface area (Å²) in [5, 5.41) is 8.73. The third-order valence-corrected chi connectivity index (χ3v) is 2.34. The number of nitrogens with zero attached hydrogens (tertiary/aromatic N) is 1. The second kappa shape index (κ2) is 5.29. The molecule has 1 aromatic heterocycles. The summed E-state index contributed by atoms with van der Waals surface area (Å²) in [6.07, 6.45) is 1.38. The molecule has 0 aliphatic carbocycles. The van der Waals surface area contributed by atoms with E-state index in [9.17, 15) is 14.4 Å². The number of aromatic nitrogens is 1. The molecule has 0 bridgehead atoms. The number of aliphatic carboxylic acids is 1. The first kappa shape index (κ1) is 13.0. The molecule has 0 aliphatic rings. The highest BCUT2D eigenvalue weighted by Gasteiger charge is 2.18. The number of carboxylic acid groups (broad SMARTS) is 1. The highest BCUT2D eigenvalue weighted by atomic mass is 16.4. The van der Waals surface area contributed by atoms with Crippen molar-refractivity contribution in [2.24, 2.45) is 5.92 Å². The lowest BCUT2D eigenvalue weighted by Crippen LogP contribution is -2.34. The molecule has 92 valence electrons. The molecule has 2 N–H and O–H groups in total. The maximum absolute atomic E-state index is 11.8. The summed E-state index contributed by atoms with van der Waals surface area (Å²) in [6.45, 7) is 1.62. The molecule has 1 rings (SSSR count). The van der Waals surface area contributed by atoms with Crippen LogP contribution in [0.15, 0.2) is 23.1 Å². The molecule has 1 heterocycles. The van der Waals surface area contributed by atoms with Gasteiger partial charge in [0.05, 0.1) is 5.92 Å². The van der Waals surface area contributed by atoms with Crippen molar-refractivity contribution in [1.29, 1.82) is 0 Å². The SMILES string of the molecule is CC(CN(C)C(=O)c1cc[nH]c(=O)c1)C(=O)O. The van der Waals surface area contributed by atoms with Crippen LogP contribution in [0.1, 0.15) is 17.3 Å². The molecular formula is C11H14N2O4. The average Bonchev–Trinajstić information content (AvgIpc) is 2.27. The Bertz CT molecular complexity index is 480. The Balaban J connectivity index is 2.77. The van der Waals surface area contributed by atoms with Gasteiger partial charge in [0.25, 0.3) is 5.91 Å². The van der Waals surface area contributed by atoms with Crippen LogP contribution in [0, 0.1) is 5.92 Å². The van der Waals surface area contributed by atoms with E-state index in [0.717, 1.165) is 0 Å². The van der Waals surface area contributed by atoms with Crippen molar-refractivity contribution in [3.05, 3.63) is 34.2 Å². The highest BCUT2D eigenvalue weighted by molar-refractivity contribution is 5.94. The van der Waals surface area contributed by atoms with E-state index in [2.05, 4.69) is 4.98 Å². The van der Waals surface area contributed by atoms with Gasteiger partial charge >= 0.3 is 5.97 Å². The summed E-state index contributed by atoms with van der Waals surface area (Å²) < 4.78 is 0. The van der Waals surface area contributed by atoms with Crippen LogP contribution >= 0.6 is 0 Å². The number of amides is 1. The quantitative estimate of drug-likeness (QED) is 0.782. The first-order valence-electron chi connectivity index (χ1n) is 5.09. The molecule has 17 heavy (non-hydrogen) atoms. The lowest BCUT2D eigenvalue weighted by atomic mass is 10.1. The molecule has 1 amide bonds. The second-order valence-corrected chi connectivity index (χ2v) is 3.87. The fourth-order valence-corrected chi connectivity index (χ4v) is 1.37. The summed E-state index contributed by atoms with van der Waals surface area (Å²) >= 11 is 0. The Morgan fingerprint density at radius 2 is 2.18 bits per heavy atom. The Labute approximate surface area is 97.9 Å². The van der Waals surface area contributed by atoms with Crippen molar-refractivity contribution in [3.8, 4) is 0 Å². The predicted octanol–water partition coefficient (Wildman–Crippen LogP) is 0.168. The van der Waals surface area contributed by atoms with Gasteiger partial charge in [-0.05, 0) is 6.07 Å². The molecule has 0 aliphatic heterocycles. The van der Waals surface area contributed by atoms with E-state index in [0.29, 0.717) is 0 Å². The first-order chi connectivity index (χ1) is 7.91. The van der Waals surface area contributed by atoms with E-state index in [1.54, 1.807) is 0 Å². The van der Waals surface area contributed by atoms with Gasteiger partial charge in [-0.1, -0.05) is 6.92 Å². The molecule has 0 spiro atoms. The van der Waals surface area contributed by atoms with E-state index in [-0.39, 0.29) is 23.6 Å². The van der Waals surface area contributed by atoms with E-state index >= 15 is 0 Å². The van der Waals surface area contributed by atoms with Crippen LogP contribution in [-0.2, 0) is 4.79 Å². The zero-order valence-corrected chi connectivity index (χ0v) is 9.64. The van der Waals surface area contributed by atoms with Gasteiger partial charge in [-0.2, -0.15) is 0 Å². The predicted molar refractivity (Wildman–Crippen MR) is 60.8 cm³/mol. The largest absolute Gasteiger partial charge is 0.481 e. The minimum absolute atomic E-state index is 0.0982. The topological polar surface area (TPSA) is 90.5 Å².